The third-order valence-electron chi connectivity index (χ3n) is 4.81. The fourth-order valence-corrected chi connectivity index (χ4v) is 4.05. The average molecular weight is 423 g/mol. The van der Waals surface area contributed by atoms with Gasteiger partial charge in [0.2, 0.25) is 10.0 Å². The summed E-state index contributed by atoms with van der Waals surface area (Å²) in [7, 11) is -1.02. The van der Waals surface area contributed by atoms with E-state index >= 15 is 0 Å². The SMILES string of the molecule is Cc1ccc(NC(=O)c2cc(S(=O)(=O)N(C)C)ccc2N2CCC(F)(F)C2)cc1. The predicted molar refractivity (Wildman–Crippen MR) is 108 cm³/mol. The smallest absolute Gasteiger partial charge is 0.266 e. The average Bonchev–Trinajstić information content (AvgIpc) is 3.02. The Labute approximate surface area is 169 Å². The lowest BCUT2D eigenvalue weighted by molar-refractivity contribution is 0.0257. The Morgan fingerprint density at radius 1 is 1.14 bits per heavy atom. The maximum atomic E-state index is 13.7. The lowest BCUT2D eigenvalue weighted by atomic mass is 10.1. The number of carbonyl (C=O) groups is 1. The number of sulfonamides is 1. The minimum Gasteiger partial charge on any atom is -0.365 e. The van der Waals surface area contributed by atoms with Crippen molar-refractivity contribution in [2.24, 2.45) is 0 Å². The van der Waals surface area contributed by atoms with E-state index in [0.717, 1.165) is 9.87 Å². The van der Waals surface area contributed by atoms with Crippen molar-refractivity contribution in [3.63, 3.8) is 0 Å². The highest BCUT2D eigenvalue weighted by Crippen LogP contribution is 2.34. The molecule has 2 aromatic rings. The van der Waals surface area contributed by atoms with Crippen LogP contribution in [-0.2, 0) is 10.0 Å². The Morgan fingerprint density at radius 2 is 1.79 bits per heavy atom. The zero-order valence-corrected chi connectivity index (χ0v) is 17.3. The van der Waals surface area contributed by atoms with Crippen LogP contribution >= 0.6 is 0 Å². The van der Waals surface area contributed by atoms with E-state index in [4.69, 9.17) is 0 Å². The molecule has 0 unspecified atom stereocenters. The second-order valence-electron chi connectivity index (χ2n) is 7.31. The second kappa shape index (κ2) is 7.72. The summed E-state index contributed by atoms with van der Waals surface area (Å²) in [5.41, 5.74) is 1.86. The highest BCUT2D eigenvalue weighted by molar-refractivity contribution is 7.89. The van der Waals surface area contributed by atoms with Gasteiger partial charge in [0.25, 0.3) is 11.8 Å². The first kappa shape index (κ1) is 21.2. The predicted octanol–water partition coefficient (Wildman–Crippen LogP) is 3.34. The van der Waals surface area contributed by atoms with Gasteiger partial charge in [-0.25, -0.2) is 21.5 Å². The lowest BCUT2D eigenvalue weighted by Crippen LogP contribution is -2.28. The van der Waals surface area contributed by atoms with Crippen LogP contribution in [0, 0.1) is 6.92 Å². The van der Waals surface area contributed by atoms with E-state index in [1.54, 1.807) is 12.1 Å². The molecule has 0 radical (unpaired) electrons. The number of halogens is 2. The Morgan fingerprint density at radius 3 is 2.34 bits per heavy atom. The number of hydrogen-bond acceptors (Lipinski definition) is 4. The van der Waals surface area contributed by atoms with Crippen molar-refractivity contribution in [3.05, 3.63) is 53.6 Å². The summed E-state index contributed by atoms with van der Waals surface area (Å²) in [5, 5.41) is 2.72. The standard InChI is InChI=1S/C20H23F2N3O3S/c1-14-4-6-15(7-5-14)23-19(26)17-12-16(29(27,28)24(2)3)8-9-18(17)25-11-10-20(21,22)13-25/h4-9,12H,10-11,13H2,1-3H3,(H,23,26). The minimum atomic E-state index is -3.79. The normalized spacial score (nSPS) is 16.3. The summed E-state index contributed by atoms with van der Waals surface area (Å²) in [6.45, 7) is 1.47. The van der Waals surface area contributed by atoms with Gasteiger partial charge in [-0.1, -0.05) is 17.7 Å². The molecule has 1 heterocycles. The molecule has 0 spiro atoms. The molecule has 6 nitrogen and oxygen atoms in total. The number of aryl methyl sites for hydroxylation is 1. The van der Waals surface area contributed by atoms with Crippen LogP contribution < -0.4 is 10.2 Å². The van der Waals surface area contributed by atoms with Crippen molar-refractivity contribution >= 4 is 27.3 Å². The molecule has 1 saturated heterocycles. The van der Waals surface area contributed by atoms with Crippen LogP contribution in [-0.4, -0.2) is 51.7 Å². The molecule has 9 heteroatoms. The van der Waals surface area contributed by atoms with E-state index in [9.17, 15) is 22.0 Å². The first-order valence-corrected chi connectivity index (χ1v) is 10.5. The second-order valence-corrected chi connectivity index (χ2v) is 9.47. The van der Waals surface area contributed by atoms with Gasteiger partial charge in [0.1, 0.15) is 0 Å². The van der Waals surface area contributed by atoms with Crippen molar-refractivity contribution in [1.82, 2.24) is 4.31 Å². The summed E-state index contributed by atoms with van der Waals surface area (Å²) in [4.78, 5) is 14.3. The van der Waals surface area contributed by atoms with Crippen LogP contribution in [0.4, 0.5) is 20.2 Å². The molecule has 1 N–H and O–H groups in total. The highest BCUT2D eigenvalue weighted by Gasteiger charge is 2.39. The van der Waals surface area contributed by atoms with E-state index in [2.05, 4.69) is 5.32 Å². The van der Waals surface area contributed by atoms with E-state index in [0.29, 0.717) is 5.69 Å². The van der Waals surface area contributed by atoms with Crippen LogP contribution in [0.5, 0.6) is 0 Å². The van der Waals surface area contributed by atoms with E-state index in [1.807, 2.05) is 19.1 Å². The Kier molecular flexibility index (Phi) is 5.64. The topological polar surface area (TPSA) is 69.7 Å². The first-order valence-electron chi connectivity index (χ1n) is 9.07. The fourth-order valence-electron chi connectivity index (χ4n) is 3.12. The van der Waals surface area contributed by atoms with Crippen molar-refractivity contribution in [3.8, 4) is 0 Å². The summed E-state index contributed by atoms with van der Waals surface area (Å²) >= 11 is 0. The zero-order chi connectivity index (χ0) is 21.4. The quantitative estimate of drug-likeness (QED) is 0.801. The third-order valence-corrected chi connectivity index (χ3v) is 6.62. The lowest BCUT2D eigenvalue weighted by Gasteiger charge is -2.22. The molecule has 2 aromatic carbocycles. The highest BCUT2D eigenvalue weighted by atomic mass is 32.2. The number of amides is 1. The van der Waals surface area contributed by atoms with Gasteiger partial charge < -0.3 is 10.2 Å². The van der Waals surface area contributed by atoms with Gasteiger partial charge in [-0.05, 0) is 37.3 Å². The molecule has 0 saturated carbocycles. The molecule has 1 amide bonds. The Hall–Kier alpha value is -2.52. The molecule has 156 valence electrons. The van der Waals surface area contributed by atoms with Gasteiger partial charge in [-0.15, -0.1) is 0 Å². The third kappa shape index (κ3) is 4.56. The van der Waals surface area contributed by atoms with Crippen LogP contribution in [0.3, 0.4) is 0 Å². The summed E-state index contributed by atoms with van der Waals surface area (Å²) < 4.78 is 53.5. The van der Waals surface area contributed by atoms with Crippen molar-refractivity contribution in [2.75, 3.05) is 37.4 Å². The number of hydrogen-bond donors (Lipinski definition) is 1. The number of carbonyl (C=O) groups excluding carboxylic acids is 1. The van der Waals surface area contributed by atoms with Gasteiger partial charge in [0.15, 0.2) is 0 Å². The molecule has 1 aliphatic heterocycles. The summed E-state index contributed by atoms with van der Waals surface area (Å²) in [5.74, 6) is -3.41. The van der Waals surface area contributed by atoms with Crippen molar-refractivity contribution in [2.45, 2.75) is 24.2 Å². The largest absolute Gasteiger partial charge is 0.365 e. The summed E-state index contributed by atoms with van der Waals surface area (Å²) in [6, 6.07) is 11.1. The van der Waals surface area contributed by atoms with E-state index in [1.165, 1.54) is 37.2 Å². The first-order chi connectivity index (χ1) is 13.5. The molecular weight excluding hydrogens is 400 g/mol. The number of benzene rings is 2. The van der Waals surface area contributed by atoms with Crippen LogP contribution in [0.25, 0.3) is 0 Å². The maximum absolute atomic E-state index is 13.7. The van der Waals surface area contributed by atoms with E-state index < -0.39 is 28.4 Å². The fraction of sp³-hybridized carbons (Fsp3) is 0.350. The van der Waals surface area contributed by atoms with Crippen molar-refractivity contribution in [1.29, 1.82) is 0 Å². The number of nitrogens with one attached hydrogen (secondary N) is 1. The van der Waals surface area contributed by atoms with Gasteiger partial charge in [-0.3, -0.25) is 4.79 Å². The Balaban J connectivity index is 2.02. The Bertz CT molecular complexity index is 1020. The van der Waals surface area contributed by atoms with Gasteiger partial charge >= 0.3 is 0 Å². The number of nitrogens with zero attached hydrogens (tertiary/aromatic N) is 2. The van der Waals surface area contributed by atoms with Crippen LogP contribution in [0.15, 0.2) is 47.4 Å². The van der Waals surface area contributed by atoms with Gasteiger partial charge in [0.05, 0.1) is 17.0 Å². The molecule has 29 heavy (non-hydrogen) atoms. The van der Waals surface area contributed by atoms with E-state index in [-0.39, 0.29) is 29.1 Å². The van der Waals surface area contributed by atoms with Crippen LogP contribution in [0.1, 0.15) is 22.3 Å². The molecule has 3 rings (SSSR count). The summed E-state index contributed by atoms with van der Waals surface area (Å²) in [6.07, 6.45) is -0.316. The van der Waals surface area contributed by atoms with Crippen molar-refractivity contribution < 1.29 is 22.0 Å². The number of rotatable bonds is 5. The maximum Gasteiger partial charge on any atom is 0.266 e. The molecular formula is C20H23F2N3O3S. The molecule has 0 aromatic heterocycles. The monoisotopic (exact) mass is 423 g/mol. The molecule has 1 fully saturated rings. The minimum absolute atomic E-state index is 0.0335. The molecule has 0 bridgehead atoms. The van der Waals surface area contributed by atoms with Gasteiger partial charge in [-0.2, -0.15) is 0 Å². The number of anilines is 2. The van der Waals surface area contributed by atoms with Gasteiger partial charge in [0, 0.05) is 38.4 Å². The zero-order valence-electron chi connectivity index (χ0n) is 16.4. The number of alkyl halides is 2. The molecule has 1 aliphatic rings. The molecule has 0 aliphatic carbocycles. The molecule has 0 atom stereocenters. The van der Waals surface area contributed by atoms with Crippen LogP contribution in [0.2, 0.25) is 0 Å².